The van der Waals surface area contributed by atoms with Gasteiger partial charge in [-0.1, -0.05) is 6.07 Å². The van der Waals surface area contributed by atoms with Gasteiger partial charge in [-0.25, -0.2) is 4.98 Å². The number of aromatic nitrogens is 1. The third kappa shape index (κ3) is 3.23. The summed E-state index contributed by atoms with van der Waals surface area (Å²) in [7, 11) is 3.24. The van der Waals surface area contributed by atoms with E-state index in [1.165, 1.54) is 0 Å². The van der Waals surface area contributed by atoms with Crippen LogP contribution in [0, 0.1) is 0 Å². The van der Waals surface area contributed by atoms with Crippen molar-refractivity contribution in [2.24, 2.45) is 5.84 Å². The van der Waals surface area contributed by atoms with Crippen LogP contribution in [-0.4, -0.2) is 19.2 Å². The van der Waals surface area contributed by atoms with E-state index in [1.807, 2.05) is 23.6 Å². The van der Waals surface area contributed by atoms with Gasteiger partial charge < -0.3 is 9.47 Å². The van der Waals surface area contributed by atoms with E-state index in [2.05, 4.69) is 10.4 Å². The lowest BCUT2D eigenvalue weighted by Gasteiger charge is -2.17. The molecule has 0 saturated heterocycles. The number of ether oxygens (including phenoxy) is 2. The molecule has 6 heteroatoms. The molecule has 0 aliphatic rings. The first-order valence-corrected chi connectivity index (χ1v) is 6.73. The van der Waals surface area contributed by atoms with Gasteiger partial charge in [0.2, 0.25) is 0 Å². The minimum Gasteiger partial charge on any atom is -0.493 e. The Hall–Kier alpha value is -1.63. The van der Waals surface area contributed by atoms with Gasteiger partial charge in [-0.2, -0.15) is 0 Å². The second kappa shape index (κ2) is 6.51. The van der Waals surface area contributed by atoms with E-state index in [0.29, 0.717) is 11.5 Å². The molecule has 5 nitrogen and oxygen atoms in total. The average Bonchev–Trinajstić information content (AvgIpc) is 2.97. The molecule has 2 rings (SSSR count). The Morgan fingerprint density at radius 1 is 1.32 bits per heavy atom. The van der Waals surface area contributed by atoms with Crippen LogP contribution in [-0.2, 0) is 6.42 Å². The summed E-state index contributed by atoms with van der Waals surface area (Å²) >= 11 is 1.62. The summed E-state index contributed by atoms with van der Waals surface area (Å²) in [5, 5.41) is 3.00. The first-order valence-electron chi connectivity index (χ1n) is 5.85. The summed E-state index contributed by atoms with van der Waals surface area (Å²) in [4.78, 5) is 4.27. The molecule has 0 radical (unpaired) electrons. The second-order valence-corrected chi connectivity index (χ2v) is 4.94. The van der Waals surface area contributed by atoms with Crippen LogP contribution in [0.1, 0.15) is 16.6 Å². The maximum atomic E-state index is 5.64. The van der Waals surface area contributed by atoms with E-state index in [4.69, 9.17) is 15.3 Å². The van der Waals surface area contributed by atoms with E-state index >= 15 is 0 Å². The summed E-state index contributed by atoms with van der Waals surface area (Å²) in [6, 6.07) is 5.77. The highest BCUT2D eigenvalue weighted by molar-refractivity contribution is 7.09. The number of nitrogens with one attached hydrogen (secondary N) is 1. The standard InChI is InChI=1S/C13H17N3O2S/c1-17-11-4-3-9(7-12(11)18-2)10(16-14)8-13-15-5-6-19-13/h3-7,10,16H,8,14H2,1-2H3. The lowest BCUT2D eigenvalue weighted by Crippen LogP contribution is -2.29. The molecule has 1 atom stereocenters. The van der Waals surface area contributed by atoms with Crippen molar-refractivity contribution >= 4 is 11.3 Å². The highest BCUT2D eigenvalue weighted by Gasteiger charge is 2.14. The molecule has 1 heterocycles. The quantitative estimate of drug-likeness (QED) is 0.624. The molecule has 0 amide bonds. The Balaban J connectivity index is 2.23. The van der Waals surface area contributed by atoms with Gasteiger partial charge in [0, 0.05) is 18.0 Å². The van der Waals surface area contributed by atoms with Crippen LogP contribution in [0.3, 0.4) is 0 Å². The van der Waals surface area contributed by atoms with Crippen LogP contribution in [0.15, 0.2) is 29.8 Å². The predicted molar refractivity (Wildman–Crippen MR) is 75.4 cm³/mol. The van der Waals surface area contributed by atoms with Crippen molar-refractivity contribution in [1.82, 2.24) is 10.4 Å². The van der Waals surface area contributed by atoms with Gasteiger partial charge >= 0.3 is 0 Å². The number of hydrogen-bond acceptors (Lipinski definition) is 6. The summed E-state index contributed by atoms with van der Waals surface area (Å²) in [5.74, 6) is 7.04. The van der Waals surface area contributed by atoms with Gasteiger partial charge in [-0.3, -0.25) is 11.3 Å². The van der Waals surface area contributed by atoms with Crippen molar-refractivity contribution in [1.29, 1.82) is 0 Å². The molecular weight excluding hydrogens is 262 g/mol. The molecule has 0 aliphatic carbocycles. The van der Waals surface area contributed by atoms with E-state index < -0.39 is 0 Å². The van der Waals surface area contributed by atoms with Crippen LogP contribution in [0.4, 0.5) is 0 Å². The van der Waals surface area contributed by atoms with Crippen LogP contribution in [0.2, 0.25) is 0 Å². The van der Waals surface area contributed by atoms with Crippen molar-refractivity contribution in [2.75, 3.05) is 14.2 Å². The number of nitrogens with two attached hydrogens (primary N) is 1. The predicted octanol–water partition coefficient (Wildman–Crippen LogP) is 1.91. The van der Waals surface area contributed by atoms with Crippen molar-refractivity contribution in [2.45, 2.75) is 12.5 Å². The Kier molecular flexibility index (Phi) is 4.73. The number of hydrazine groups is 1. The van der Waals surface area contributed by atoms with Gasteiger partial charge in [0.1, 0.15) is 0 Å². The Bertz CT molecular complexity index is 517. The number of rotatable bonds is 6. The van der Waals surface area contributed by atoms with Crippen molar-refractivity contribution in [3.05, 3.63) is 40.3 Å². The second-order valence-electron chi connectivity index (χ2n) is 3.96. The van der Waals surface area contributed by atoms with Gasteiger partial charge in [0.05, 0.1) is 25.3 Å². The fraction of sp³-hybridized carbons (Fsp3) is 0.308. The van der Waals surface area contributed by atoms with Crippen LogP contribution in [0.5, 0.6) is 11.5 Å². The summed E-state index contributed by atoms with van der Waals surface area (Å²) < 4.78 is 10.5. The van der Waals surface area contributed by atoms with Crippen molar-refractivity contribution in [3.8, 4) is 11.5 Å². The Morgan fingerprint density at radius 3 is 2.68 bits per heavy atom. The molecule has 0 bridgehead atoms. The molecule has 102 valence electrons. The van der Waals surface area contributed by atoms with Crippen LogP contribution >= 0.6 is 11.3 Å². The smallest absolute Gasteiger partial charge is 0.161 e. The number of methoxy groups -OCH3 is 2. The lowest BCUT2D eigenvalue weighted by molar-refractivity contribution is 0.353. The first-order chi connectivity index (χ1) is 9.28. The topological polar surface area (TPSA) is 69.4 Å². The minimum absolute atomic E-state index is 0.00837. The lowest BCUT2D eigenvalue weighted by atomic mass is 10.0. The summed E-state index contributed by atoms with van der Waals surface area (Å²) in [6.07, 6.45) is 2.53. The molecule has 1 aromatic carbocycles. The molecule has 1 unspecified atom stereocenters. The number of nitrogens with zero attached hydrogens (tertiary/aromatic N) is 1. The number of hydrogen-bond donors (Lipinski definition) is 2. The zero-order chi connectivity index (χ0) is 13.7. The molecule has 3 N–H and O–H groups in total. The zero-order valence-electron chi connectivity index (χ0n) is 10.9. The molecule has 0 aliphatic heterocycles. The van der Waals surface area contributed by atoms with Gasteiger partial charge in [0.15, 0.2) is 11.5 Å². The fourth-order valence-electron chi connectivity index (χ4n) is 1.87. The van der Waals surface area contributed by atoms with Crippen molar-refractivity contribution in [3.63, 3.8) is 0 Å². The SMILES string of the molecule is COc1ccc(C(Cc2nccs2)NN)cc1OC. The average molecular weight is 279 g/mol. The van der Waals surface area contributed by atoms with Crippen LogP contribution in [0.25, 0.3) is 0 Å². The van der Waals surface area contributed by atoms with Crippen molar-refractivity contribution < 1.29 is 9.47 Å². The zero-order valence-corrected chi connectivity index (χ0v) is 11.7. The molecule has 2 aromatic rings. The highest BCUT2D eigenvalue weighted by Crippen LogP contribution is 2.30. The molecule has 0 fully saturated rings. The van der Waals surface area contributed by atoms with E-state index in [-0.39, 0.29) is 6.04 Å². The largest absolute Gasteiger partial charge is 0.493 e. The van der Waals surface area contributed by atoms with Gasteiger partial charge in [0.25, 0.3) is 0 Å². The Morgan fingerprint density at radius 2 is 2.11 bits per heavy atom. The molecule has 19 heavy (non-hydrogen) atoms. The molecular formula is C13H17N3O2S. The van der Waals surface area contributed by atoms with E-state index in [0.717, 1.165) is 17.0 Å². The molecule has 0 saturated carbocycles. The monoisotopic (exact) mass is 279 g/mol. The Labute approximate surface area is 116 Å². The highest BCUT2D eigenvalue weighted by atomic mass is 32.1. The van der Waals surface area contributed by atoms with Gasteiger partial charge in [-0.05, 0) is 17.7 Å². The maximum Gasteiger partial charge on any atom is 0.161 e. The molecule has 0 spiro atoms. The maximum absolute atomic E-state index is 5.64. The number of thiazole rings is 1. The normalized spacial score (nSPS) is 12.2. The van der Waals surface area contributed by atoms with E-state index in [1.54, 1.807) is 31.8 Å². The van der Waals surface area contributed by atoms with Crippen LogP contribution < -0.4 is 20.7 Å². The van der Waals surface area contributed by atoms with Gasteiger partial charge in [-0.15, -0.1) is 11.3 Å². The first kappa shape index (κ1) is 13.8. The third-order valence-electron chi connectivity index (χ3n) is 2.87. The minimum atomic E-state index is -0.00837. The number of benzene rings is 1. The fourth-order valence-corrected chi connectivity index (χ4v) is 2.53. The van der Waals surface area contributed by atoms with E-state index in [9.17, 15) is 0 Å². The summed E-state index contributed by atoms with van der Waals surface area (Å²) in [5.41, 5.74) is 3.85. The third-order valence-corrected chi connectivity index (χ3v) is 3.68. The molecule has 1 aromatic heterocycles. The summed E-state index contributed by atoms with van der Waals surface area (Å²) in [6.45, 7) is 0.